The molecule has 0 aliphatic carbocycles. The Morgan fingerprint density at radius 3 is 2.41 bits per heavy atom. The van der Waals surface area contributed by atoms with Gasteiger partial charge in [-0.1, -0.05) is 30.3 Å². The molecule has 7 nitrogen and oxygen atoms in total. The van der Waals surface area contributed by atoms with Gasteiger partial charge in [-0.05, 0) is 66.2 Å². The molecule has 0 aliphatic rings. The van der Waals surface area contributed by atoms with Crippen molar-refractivity contribution in [2.24, 2.45) is 0 Å². The van der Waals surface area contributed by atoms with Crippen LogP contribution in [0, 0.1) is 0 Å². The van der Waals surface area contributed by atoms with E-state index in [0.717, 1.165) is 10.8 Å². The lowest BCUT2D eigenvalue weighted by atomic mass is 10.0. The molecule has 0 bridgehead atoms. The van der Waals surface area contributed by atoms with Crippen LogP contribution >= 0.6 is 0 Å². The summed E-state index contributed by atoms with van der Waals surface area (Å²) in [7, 11) is 0. The first-order valence-corrected chi connectivity index (χ1v) is 10.9. The number of nitrogens with zero attached hydrogens (tertiary/aromatic N) is 3. The van der Waals surface area contributed by atoms with Crippen LogP contribution in [0.1, 0.15) is 17.3 Å². The minimum Gasteiger partial charge on any atom is -0.493 e. The maximum absolute atomic E-state index is 13.2. The molecule has 2 heterocycles. The van der Waals surface area contributed by atoms with Gasteiger partial charge in [-0.15, -0.1) is 10.2 Å². The smallest absolute Gasteiger partial charge is 0.260 e. The number of hydrogen-bond acceptors (Lipinski definition) is 5. The van der Waals surface area contributed by atoms with Crippen LogP contribution in [0.3, 0.4) is 0 Å². The Morgan fingerprint density at radius 2 is 1.68 bits per heavy atom. The number of benzene rings is 3. The number of carbonyl (C=O) groups is 1. The zero-order valence-corrected chi connectivity index (χ0v) is 18.5. The van der Waals surface area contributed by atoms with Crippen molar-refractivity contribution < 1.29 is 14.3 Å². The molecule has 1 amide bonds. The highest BCUT2D eigenvalue weighted by Gasteiger charge is 2.17. The third-order valence-electron chi connectivity index (χ3n) is 5.25. The molecule has 0 radical (unpaired) electrons. The second kappa shape index (κ2) is 9.46. The van der Waals surface area contributed by atoms with Gasteiger partial charge in [-0.3, -0.25) is 4.79 Å². The molecule has 0 atom stereocenters. The molecule has 7 heteroatoms. The predicted octanol–water partition coefficient (Wildman–Crippen LogP) is 5.86. The number of nitrogens with one attached hydrogen (secondary N) is 1. The van der Waals surface area contributed by atoms with Crippen molar-refractivity contribution in [3.8, 4) is 23.2 Å². The maximum Gasteiger partial charge on any atom is 0.260 e. The van der Waals surface area contributed by atoms with Crippen LogP contribution < -0.4 is 14.8 Å². The summed E-state index contributed by atoms with van der Waals surface area (Å²) in [6.45, 7) is 2.37. The Labute approximate surface area is 196 Å². The zero-order valence-electron chi connectivity index (χ0n) is 18.5. The van der Waals surface area contributed by atoms with E-state index in [4.69, 9.17) is 9.47 Å². The minimum absolute atomic E-state index is 0.236. The fourth-order valence-corrected chi connectivity index (χ4v) is 3.67. The highest BCUT2D eigenvalue weighted by molar-refractivity contribution is 6.15. The van der Waals surface area contributed by atoms with Gasteiger partial charge in [-0.25, -0.2) is 0 Å². The molecule has 34 heavy (non-hydrogen) atoms. The predicted molar refractivity (Wildman–Crippen MR) is 131 cm³/mol. The number of aromatic nitrogens is 3. The van der Waals surface area contributed by atoms with Crippen molar-refractivity contribution >= 4 is 22.4 Å². The molecule has 2 aromatic heterocycles. The van der Waals surface area contributed by atoms with Crippen LogP contribution in [0.5, 0.6) is 17.4 Å². The molecule has 0 fully saturated rings. The van der Waals surface area contributed by atoms with Crippen LogP contribution in [-0.4, -0.2) is 27.3 Å². The summed E-state index contributed by atoms with van der Waals surface area (Å²) >= 11 is 0. The van der Waals surface area contributed by atoms with E-state index in [2.05, 4.69) is 15.5 Å². The number of hydrogen-bond donors (Lipinski definition) is 1. The van der Waals surface area contributed by atoms with E-state index in [0.29, 0.717) is 41.1 Å². The largest absolute Gasteiger partial charge is 0.493 e. The molecular weight excluding hydrogens is 428 g/mol. The third kappa shape index (κ3) is 4.45. The Bertz CT molecular complexity index is 1410. The summed E-state index contributed by atoms with van der Waals surface area (Å²) < 4.78 is 13.4. The van der Waals surface area contributed by atoms with Crippen molar-refractivity contribution in [2.45, 2.75) is 6.92 Å². The van der Waals surface area contributed by atoms with Gasteiger partial charge >= 0.3 is 0 Å². The summed E-state index contributed by atoms with van der Waals surface area (Å²) in [5, 5.41) is 13.1. The van der Waals surface area contributed by atoms with Gasteiger partial charge in [-0.2, -0.15) is 0 Å². The molecular formula is C27H22N4O3. The quantitative estimate of drug-likeness (QED) is 0.336. The zero-order chi connectivity index (χ0) is 23.3. The number of ether oxygens (including phenoxy) is 2. The van der Waals surface area contributed by atoms with Crippen molar-refractivity contribution in [1.29, 1.82) is 0 Å². The lowest BCUT2D eigenvalue weighted by Gasteiger charge is -2.14. The second-order valence-corrected chi connectivity index (χ2v) is 7.49. The number of rotatable bonds is 7. The molecule has 0 unspecified atom stereocenters. The molecule has 1 N–H and O–H groups in total. The molecule has 3 aromatic carbocycles. The fraction of sp³-hybridized carbons (Fsp3) is 0.0741. The van der Waals surface area contributed by atoms with E-state index in [9.17, 15) is 4.79 Å². The van der Waals surface area contributed by atoms with E-state index < -0.39 is 0 Å². The van der Waals surface area contributed by atoms with Crippen molar-refractivity contribution in [2.75, 3.05) is 11.9 Å². The minimum atomic E-state index is -0.236. The van der Waals surface area contributed by atoms with E-state index in [-0.39, 0.29) is 5.91 Å². The highest BCUT2D eigenvalue weighted by atomic mass is 16.5. The molecule has 5 rings (SSSR count). The molecule has 0 saturated heterocycles. The molecule has 0 spiro atoms. The standard InChI is InChI=1S/C27H22N4O3/c1-2-33-23-14-9-19-7-3-4-8-22(19)26(23)27(32)28-20-10-12-21(13-11-20)34-25-16-15-24(29-30-25)31-17-5-6-18-31/h3-18H,2H2,1H3,(H,28,32). The van der Waals surface area contributed by atoms with E-state index in [1.165, 1.54) is 0 Å². The molecule has 0 aliphatic heterocycles. The average molecular weight is 450 g/mol. The number of carbonyl (C=O) groups excluding carboxylic acids is 1. The van der Waals surface area contributed by atoms with Gasteiger partial charge in [0.25, 0.3) is 5.91 Å². The third-order valence-corrected chi connectivity index (χ3v) is 5.25. The lowest BCUT2D eigenvalue weighted by Crippen LogP contribution is -2.14. The Hall–Kier alpha value is -4.65. The van der Waals surface area contributed by atoms with Gasteiger partial charge < -0.3 is 19.4 Å². The lowest BCUT2D eigenvalue weighted by molar-refractivity contribution is 0.102. The average Bonchev–Trinajstić information content (AvgIpc) is 3.41. The second-order valence-electron chi connectivity index (χ2n) is 7.49. The molecule has 5 aromatic rings. The van der Waals surface area contributed by atoms with Crippen molar-refractivity contribution in [3.05, 3.63) is 103 Å². The fourth-order valence-electron chi connectivity index (χ4n) is 3.67. The van der Waals surface area contributed by atoms with Gasteiger partial charge in [0.2, 0.25) is 5.88 Å². The number of amides is 1. The summed E-state index contributed by atoms with van der Waals surface area (Å²) in [5.74, 6) is 1.99. The van der Waals surface area contributed by atoms with Crippen molar-refractivity contribution in [1.82, 2.24) is 14.8 Å². The Balaban J connectivity index is 1.31. The number of anilines is 1. The topological polar surface area (TPSA) is 78.3 Å². The normalized spacial score (nSPS) is 10.7. The van der Waals surface area contributed by atoms with Crippen LogP contribution in [0.25, 0.3) is 16.6 Å². The summed E-state index contributed by atoms with van der Waals surface area (Å²) in [4.78, 5) is 13.2. The SMILES string of the molecule is CCOc1ccc2ccccc2c1C(=O)Nc1ccc(Oc2ccc(-n3cccc3)nn2)cc1. The van der Waals surface area contributed by atoms with E-state index in [1.807, 2.05) is 78.5 Å². The van der Waals surface area contributed by atoms with Crippen LogP contribution in [-0.2, 0) is 0 Å². The first kappa shape index (κ1) is 21.2. The van der Waals surface area contributed by atoms with Crippen LogP contribution in [0.2, 0.25) is 0 Å². The van der Waals surface area contributed by atoms with Gasteiger partial charge in [0.1, 0.15) is 11.5 Å². The van der Waals surface area contributed by atoms with Gasteiger partial charge in [0, 0.05) is 24.1 Å². The summed E-state index contributed by atoms with van der Waals surface area (Å²) in [6.07, 6.45) is 3.79. The first-order valence-electron chi connectivity index (χ1n) is 10.9. The van der Waals surface area contributed by atoms with Gasteiger partial charge in [0.05, 0.1) is 12.2 Å². The molecule has 0 saturated carbocycles. The Morgan fingerprint density at radius 1 is 0.882 bits per heavy atom. The number of fused-ring (bicyclic) bond motifs is 1. The highest BCUT2D eigenvalue weighted by Crippen LogP contribution is 2.29. The van der Waals surface area contributed by atoms with Crippen LogP contribution in [0.15, 0.2) is 97.3 Å². The molecule has 168 valence electrons. The van der Waals surface area contributed by atoms with E-state index >= 15 is 0 Å². The van der Waals surface area contributed by atoms with Crippen LogP contribution in [0.4, 0.5) is 5.69 Å². The monoisotopic (exact) mass is 450 g/mol. The Kier molecular flexibility index (Phi) is 5.90. The summed E-state index contributed by atoms with van der Waals surface area (Å²) in [5.41, 5.74) is 1.15. The van der Waals surface area contributed by atoms with E-state index in [1.54, 1.807) is 30.3 Å². The first-order chi connectivity index (χ1) is 16.7. The van der Waals surface area contributed by atoms with Crippen molar-refractivity contribution in [3.63, 3.8) is 0 Å². The van der Waals surface area contributed by atoms with Gasteiger partial charge in [0.15, 0.2) is 5.82 Å². The summed E-state index contributed by atoms with van der Waals surface area (Å²) in [6, 6.07) is 26.1. The maximum atomic E-state index is 13.2.